The first-order valence-electron chi connectivity index (χ1n) is 5.32. The third-order valence-electron chi connectivity index (χ3n) is 3.00. The summed E-state index contributed by atoms with van der Waals surface area (Å²) in [4.78, 5) is 0. The fourth-order valence-electron chi connectivity index (χ4n) is 2.20. The zero-order valence-corrected chi connectivity index (χ0v) is 8.53. The van der Waals surface area contributed by atoms with E-state index in [1.54, 1.807) is 0 Å². The van der Waals surface area contributed by atoms with E-state index in [2.05, 4.69) is 30.4 Å². The lowest BCUT2D eigenvalue weighted by atomic mass is 9.94. The molecular weight excluding hydrogens is 182 g/mol. The Balaban J connectivity index is 2.32. The summed E-state index contributed by atoms with van der Waals surface area (Å²) in [6.07, 6.45) is 6.76. The molecule has 1 nitrogen and oxygen atoms in total. The monoisotopic (exact) mass is 195 g/mol. The average Bonchev–Trinajstić information content (AvgIpc) is 2.26. The molecule has 1 aliphatic carbocycles. The van der Waals surface area contributed by atoms with E-state index in [9.17, 15) is 0 Å². The summed E-state index contributed by atoms with van der Waals surface area (Å²) in [6, 6.07) is 10.6. The van der Waals surface area contributed by atoms with Crippen molar-refractivity contribution in [3.05, 3.63) is 47.5 Å². The van der Waals surface area contributed by atoms with E-state index >= 15 is 0 Å². The van der Waals surface area contributed by atoms with E-state index in [-0.39, 0.29) is 0 Å². The fourth-order valence-corrected chi connectivity index (χ4v) is 2.20. The maximum atomic E-state index is 5.79. The quantitative estimate of drug-likeness (QED) is 0.641. The predicted octanol–water partition coefficient (Wildman–Crippen LogP) is 3.38. The van der Waals surface area contributed by atoms with Gasteiger partial charge in [-0.15, -0.1) is 0 Å². The Kier molecular flexibility index (Phi) is 1.78. The maximum Gasteiger partial charge on any atom is 0.0320 e. The van der Waals surface area contributed by atoms with Crippen LogP contribution in [0.1, 0.15) is 17.5 Å². The molecule has 0 saturated carbocycles. The van der Waals surface area contributed by atoms with Crippen molar-refractivity contribution in [1.29, 1.82) is 0 Å². The summed E-state index contributed by atoms with van der Waals surface area (Å²) in [6.45, 7) is 0. The summed E-state index contributed by atoms with van der Waals surface area (Å²) in [5.74, 6) is 0. The second-order valence-electron chi connectivity index (χ2n) is 4.10. The Morgan fingerprint density at radius 1 is 1.00 bits per heavy atom. The van der Waals surface area contributed by atoms with Gasteiger partial charge in [-0.2, -0.15) is 0 Å². The molecule has 1 heteroatoms. The first kappa shape index (κ1) is 8.54. The topological polar surface area (TPSA) is 26.0 Å². The fraction of sp³-hybridized carbons (Fsp3) is 0.143. The number of allylic oxidation sites excluding steroid dienone is 1. The van der Waals surface area contributed by atoms with Crippen LogP contribution in [0.2, 0.25) is 0 Å². The molecule has 3 rings (SSSR count). The number of nitrogen functional groups attached to an aromatic ring is 1. The highest BCUT2D eigenvalue weighted by molar-refractivity contribution is 5.88. The van der Waals surface area contributed by atoms with Crippen molar-refractivity contribution in [3.63, 3.8) is 0 Å². The molecule has 0 amide bonds. The van der Waals surface area contributed by atoms with Crippen LogP contribution >= 0.6 is 0 Å². The lowest BCUT2D eigenvalue weighted by Gasteiger charge is -2.12. The number of rotatable bonds is 0. The number of fused-ring (bicyclic) bond motifs is 2. The van der Waals surface area contributed by atoms with Crippen molar-refractivity contribution < 1.29 is 0 Å². The Bertz CT molecular complexity index is 553. The molecule has 15 heavy (non-hydrogen) atoms. The molecule has 2 aromatic rings. The Morgan fingerprint density at radius 2 is 1.93 bits per heavy atom. The normalized spacial score (nSPS) is 14.1. The van der Waals surface area contributed by atoms with Gasteiger partial charge in [0.05, 0.1) is 0 Å². The molecule has 0 radical (unpaired) electrons. The van der Waals surface area contributed by atoms with Gasteiger partial charge in [-0.3, -0.25) is 0 Å². The van der Waals surface area contributed by atoms with Crippen LogP contribution in [-0.4, -0.2) is 0 Å². The van der Waals surface area contributed by atoms with Crippen LogP contribution in [0.4, 0.5) is 5.69 Å². The first-order valence-corrected chi connectivity index (χ1v) is 5.32. The highest BCUT2D eigenvalue weighted by Crippen LogP contribution is 2.26. The summed E-state index contributed by atoms with van der Waals surface area (Å²) >= 11 is 0. The molecule has 0 aliphatic heterocycles. The summed E-state index contributed by atoms with van der Waals surface area (Å²) in [5, 5.41) is 2.53. The van der Waals surface area contributed by atoms with Crippen LogP contribution < -0.4 is 5.73 Å². The second kappa shape index (κ2) is 3.13. The highest BCUT2D eigenvalue weighted by Gasteiger charge is 2.05. The second-order valence-corrected chi connectivity index (χ2v) is 4.10. The van der Waals surface area contributed by atoms with E-state index in [1.165, 1.54) is 21.9 Å². The zero-order valence-electron chi connectivity index (χ0n) is 8.53. The van der Waals surface area contributed by atoms with Gasteiger partial charge in [-0.1, -0.05) is 24.3 Å². The van der Waals surface area contributed by atoms with Crippen LogP contribution in [0.25, 0.3) is 16.8 Å². The number of aryl methyl sites for hydroxylation is 1. The van der Waals surface area contributed by atoms with Crippen molar-refractivity contribution in [2.75, 3.05) is 5.73 Å². The third-order valence-corrected chi connectivity index (χ3v) is 3.00. The molecule has 0 aromatic heterocycles. The van der Waals surface area contributed by atoms with E-state index in [0.717, 1.165) is 18.5 Å². The highest BCUT2D eigenvalue weighted by atomic mass is 14.5. The first-order chi connectivity index (χ1) is 7.33. The molecule has 2 aromatic carbocycles. The van der Waals surface area contributed by atoms with Crippen molar-refractivity contribution in [2.45, 2.75) is 12.8 Å². The van der Waals surface area contributed by atoms with Crippen molar-refractivity contribution >= 4 is 22.5 Å². The zero-order chi connectivity index (χ0) is 10.3. The van der Waals surface area contributed by atoms with Gasteiger partial charge in [-0.05, 0) is 52.9 Å². The van der Waals surface area contributed by atoms with Gasteiger partial charge in [0.25, 0.3) is 0 Å². The molecule has 2 N–H and O–H groups in total. The summed E-state index contributed by atoms with van der Waals surface area (Å²) < 4.78 is 0. The van der Waals surface area contributed by atoms with Crippen LogP contribution in [0, 0.1) is 0 Å². The van der Waals surface area contributed by atoms with Gasteiger partial charge in [0.15, 0.2) is 0 Å². The molecule has 0 fully saturated rings. The number of anilines is 1. The minimum atomic E-state index is 0.841. The number of hydrogen-bond donors (Lipinski definition) is 1. The van der Waals surface area contributed by atoms with E-state index in [0.29, 0.717) is 0 Å². The SMILES string of the molecule is Nc1ccc2cc3c(cc2c1)CCC=C3. The molecule has 0 atom stereocenters. The Morgan fingerprint density at radius 3 is 2.87 bits per heavy atom. The molecule has 0 bridgehead atoms. The Labute approximate surface area is 89.2 Å². The largest absolute Gasteiger partial charge is 0.399 e. The van der Waals surface area contributed by atoms with Gasteiger partial charge >= 0.3 is 0 Å². The summed E-state index contributed by atoms with van der Waals surface area (Å²) in [7, 11) is 0. The van der Waals surface area contributed by atoms with Crippen LogP contribution in [0.5, 0.6) is 0 Å². The van der Waals surface area contributed by atoms with Gasteiger partial charge in [-0.25, -0.2) is 0 Å². The molecule has 0 saturated heterocycles. The predicted molar refractivity (Wildman–Crippen MR) is 65.7 cm³/mol. The minimum absolute atomic E-state index is 0.841. The van der Waals surface area contributed by atoms with E-state index in [4.69, 9.17) is 5.73 Å². The van der Waals surface area contributed by atoms with Crippen LogP contribution in [-0.2, 0) is 6.42 Å². The lowest BCUT2D eigenvalue weighted by Crippen LogP contribution is -1.94. The van der Waals surface area contributed by atoms with E-state index in [1.807, 2.05) is 12.1 Å². The van der Waals surface area contributed by atoms with E-state index < -0.39 is 0 Å². The third kappa shape index (κ3) is 1.40. The average molecular weight is 195 g/mol. The smallest absolute Gasteiger partial charge is 0.0320 e. The van der Waals surface area contributed by atoms with Crippen molar-refractivity contribution in [2.24, 2.45) is 0 Å². The van der Waals surface area contributed by atoms with Gasteiger partial charge in [0.2, 0.25) is 0 Å². The standard InChI is InChI=1S/C14H13N/c15-14-6-5-12-7-10-3-1-2-4-11(10)8-13(12)9-14/h1,3,5-9H,2,4,15H2. The molecule has 74 valence electrons. The minimum Gasteiger partial charge on any atom is -0.399 e. The maximum absolute atomic E-state index is 5.79. The molecule has 0 spiro atoms. The summed E-state index contributed by atoms with van der Waals surface area (Å²) in [5.41, 5.74) is 9.43. The molecule has 1 aliphatic rings. The lowest BCUT2D eigenvalue weighted by molar-refractivity contribution is 0.989. The Hall–Kier alpha value is -1.76. The number of nitrogens with two attached hydrogens (primary N) is 1. The van der Waals surface area contributed by atoms with Crippen molar-refractivity contribution in [1.82, 2.24) is 0 Å². The van der Waals surface area contributed by atoms with Gasteiger partial charge in [0.1, 0.15) is 0 Å². The van der Waals surface area contributed by atoms with Crippen LogP contribution in [0.15, 0.2) is 36.4 Å². The van der Waals surface area contributed by atoms with Crippen molar-refractivity contribution in [3.8, 4) is 0 Å². The van der Waals surface area contributed by atoms with Gasteiger partial charge < -0.3 is 5.73 Å². The molecule has 0 heterocycles. The van der Waals surface area contributed by atoms with Gasteiger partial charge in [0, 0.05) is 5.69 Å². The molecular formula is C14H13N. The van der Waals surface area contributed by atoms with Crippen LogP contribution in [0.3, 0.4) is 0 Å². The molecule has 0 unspecified atom stereocenters. The number of hydrogen-bond acceptors (Lipinski definition) is 1. The number of benzene rings is 2.